The third-order valence-electron chi connectivity index (χ3n) is 3.21. The van der Waals surface area contributed by atoms with Gasteiger partial charge in [0.05, 0.1) is 6.20 Å². The topological polar surface area (TPSA) is 63.8 Å². The van der Waals surface area contributed by atoms with Crippen LogP contribution in [0.3, 0.4) is 0 Å². The highest BCUT2D eigenvalue weighted by atomic mass is 15.0. The second-order valence-corrected chi connectivity index (χ2v) is 4.77. The molecule has 3 rings (SSSR count). The number of benzene rings is 2. The lowest BCUT2D eigenvalue weighted by atomic mass is 10.0. The molecule has 4 heteroatoms. The molecule has 0 aliphatic carbocycles. The number of hydrogen-bond donors (Lipinski definition) is 2. The zero-order valence-corrected chi connectivity index (χ0v) is 11.5. The molecule has 3 N–H and O–H groups in total. The molecule has 0 amide bonds. The highest BCUT2D eigenvalue weighted by Crippen LogP contribution is 2.21. The first-order valence-corrected chi connectivity index (χ1v) is 6.76. The molecule has 0 radical (unpaired) electrons. The summed E-state index contributed by atoms with van der Waals surface area (Å²) >= 11 is 0. The van der Waals surface area contributed by atoms with Crippen molar-refractivity contribution < 1.29 is 0 Å². The van der Waals surface area contributed by atoms with Gasteiger partial charge in [0, 0.05) is 24.6 Å². The van der Waals surface area contributed by atoms with Gasteiger partial charge in [-0.2, -0.15) is 0 Å². The van der Waals surface area contributed by atoms with Crippen molar-refractivity contribution in [3.8, 4) is 11.1 Å². The fourth-order valence-corrected chi connectivity index (χ4v) is 2.12. The molecule has 0 fully saturated rings. The normalized spacial score (nSPS) is 10.3. The summed E-state index contributed by atoms with van der Waals surface area (Å²) in [7, 11) is 0. The Kier molecular flexibility index (Phi) is 3.78. The summed E-state index contributed by atoms with van der Waals surface area (Å²) in [5.74, 6) is 0.774. The van der Waals surface area contributed by atoms with Gasteiger partial charge in [0.15, 0.2) is 0 Å². The summed E-state index contributed by atoms with van der Waals surface area (Å²) in [6.07, 6.45) is 5.05. The standard InChI is InChI=1S/C17H16N4/c18-16-6-4-14(5-7-16)15-3-1-2-13(10-15)11-21-17-12-19-8-9-20-17/h1-10,12H,11,18H2,(H,20,21). The van der Waals surface area contributed by atoms with Gasteiger partial charge in [-0.3, -0.25) is 4.98 Å². The first-order chi connectivity index (χ1) is 10.3. The van der Waals surface area contributed by atoms with Crippen molar-refractivity contribution in [2.24, 2.45) is 0 Å². The van der Waals surface area contributed by atoms with Gasteiger partial charge in [0.2, 0.25) is 0 Å². The Morgan fingerprint density at radius 2 is 1.81 bits per heavy atom. The minimum Gasteiger partial charge on any atom is -0.399 e. The Bertz CT molecular complexity index is 708. The molecule has 104 valence electrons. The van der Waals surface area contributed by atoms with E-state index in [0.717, 1.165) is 17.1 Å². The van der Waals surface area contributed by atoms with E-state index in [1.165, 1.54) is 11.1 Å². The summed E-state index contributed by atoms with van der Waals surface area (Å²) in [5.41, 5.74) is 10.0. The molecular formula is C17H16N4. The molecule has 0 saturated heterocycles. The average molecular weight is 276 g/mol. The van der Waals surface area contributed by atoms with E-state index in [4.69, 9.17) is 5.73 Å². The quantitative estimate of drug-likeness (QED) is 0.717. The van der Waals surface area contributed by atoms with Gasteiger partial charge in [-0.05, 0) is 34.9 Å². The van der Waals surface area contributed by atoms with E-state index in [1.807, 2.05) is 24.3 Å². The molecule has 0 saturated carbocycles. The van der Waals surface area contributed by atoms with Crippen LogP contribution in [0.25, 0.3) is 11.1 Å². The summed E-state index contributed by atoms with van der Waals surface area (Å²) in [6.45, 7) is 0.710. The minimum absolute atomic E-state index is 0.710. The van der Waals surface area contributed by atoms with Crippen LogP contribution in [-0.2, 0) is 6.54 Å². The fraction of sp³-hybridized carbons (Fsp3) is 0.0588. The second kappa shape index (κ2) is 6.05. The molecule has 0 unspecified atom stereocenters. The molecule has 1 heterocycles. The zero-order valence-electron chi connectivity index (χ0n) is 11.5. The Morgan fingerprint density at radius 3 is 2.57 bits per heavy atom. The van der Waals surface area contributed by atoms with Gasteiger partial charge in [0.1, 0.15) is 5.82 Å². The van der Waals surface area contributed by atoms with Crippen LogP contribution in [0.15, 0.2) is 67.1 Å². The number of hydrogen-bond acceptors (Lipinski definition) is 4. The number of aromatic nitrogens is 2. The average Bonchev–Trinajstić information content (AvgIpc) is 2.55. The lowest BCUT2D eigenvalue weighted by molar-refractivity contribution is 1.09. The van der Waals surface area contributed by atoms with Crippen molar-refractivity contribution in [2.45, 2.75) is 6.54 Å². The molecule has 1 aromatic heterocycles. The first kappa shape index (κ1) is 13.1. The summed E-state index contributed by atoms with van der Waals surface area (Å²) < 4.78 is 0. The predicted molar refractivity (Wildman–Crippen MR) is 85.6 cm³/mol. The van der Waals surface area contributed by atoms with Crippen molar-refractivity contribution in [2.75, 3.05) is 11.1 Å². The molecule has 0 bridgehead atoms. The van der Waals surface area contributed by atoms with Gasteiger partial charge in [-0.15, -0.1) is 0 Å². The van der Waals surface area contributed by atoms with Crippen LogP contribution in [-0.4, -0.2) is 9.97 Å². The van der Waals surface area contributed by atoms with E-state index in [0.29, 0.717) is 6.54 Å². The number of nitrogens with zero attached hydrogens (tertiary/aromatic N) is 2. The fourth-order valence-electron chi connectivity index (χ4n) is 2.12. The van der Waals surface area contributed by atoms with E-state index >= 15 is 0 Å². The van der Waals surface area contributed by atoms with Gasteiger partial charge < -0.3 is 11.1 Å². The smallest absolute Gasteiger partial charge is 0.144 e. The maximum absolute atomic E-state index is 5.72. The van der Waals surface area contributed by atoms with Crippen molar-refractivity contribution in [3.63, 3.8) is 0 Å². The molecule has 0 atom stereocenters. The van der Waals surface area contributed by atoms with Crippen molar-refractivity contribution in [3.05, 3.63) is 72.7 Å². The van der Waals surface area contributed by atoms with Crippen molar-refractivity contribution in [1.29, 1.82) is 0 Å². The van der Waals surface area contributed by atoms with E-state index in [2.05, 4.69) is 39.6 Å². The van der Waals surface area contributed by atoms with E-state index in [-0.39, 0.29) is 0 Å². The highest BCUT2D eigenvalue weighted by Gasteiger charge is 2.00. The Balaban J connectivity index is 1.75. The highest BCUT2D eigenvalue weighted by molar-refractivity contribution is 5.66. The van der Waals surface area contributed by atoms with Crippen LogP contribution < -0.4 is 11.1 Å². The number of rotatable bonds is 4. The van der Waals surface area contributed by atoms with Crippen LogP contribution in [0.4, 0.5) is 11.5 Å². The predicted octanol–water partition coefficient (Wildman–Crippen LogP) is 3.34. The lowest BCUT2D eigenvalue weighted by Gasteiger charge is -2.08. The monoisotopic (exact) mass is 276 g/mol. The number of nitrogens with two attached hydrogens (primary N) is 1. The summed E-state index contributed by atoms with van der Waals surface area (Å²) in [6, 6.07) is 16.3. The number of nitrogens with one attached hydrogen (secondary N) is 1. The van der Waals surface area contributed by atoms with Crippen LogP contribution in [0, 0.1) is 0 Å². The van der Waals surface area contributed by atoms with Crippen molar-refractivity contribution in [1.82, 2.24) is 9.97 Å². The molecular weight excluding hydrogens is 260 g/mol. The summed E-state index contributed by atoms with van der Waals surface area (Å²) in [4.78, 5) is 8.23. The zero-order chi connectivity index (χ0) is 14.5. The summed E-state index contributed by atoms with van der Waals surface area (Å²) in [5, 5.41) is 3.26. The van der Waals surface area contributed by atoms with Crippen molar-refractivity contribution >= 4 is 11.5 Å². The minimum atomic E-state index is 0.710. The number of anilines is 2. The van der Waals surface area contributed by atoms with E-state index in [1.54, 1.807) is 18.6 Å². The van der Waals surface area contributed by atoms with Gasteiger partial charge in [-0.25, -0.2) is 4.98 Å². The SMILES string of the molecule is Nc1ccc(-c2cccc(CNc3cnccn3)c2)cc1. The molecule has 0 aliphatic heterocycles. The van der Waals surface area contributed by atoms with E-state index in [9.17, 15) is 0 Å². The van der Waals surface area contributed by atoms with Gasteiger partial charge >= 0.3 is 0 Å². The van der Waals surface area contributed by atoms with Crippen LogP contribution in [0.2, 0.25) is 0 Å². The molecule has 4 nitrogen and oxygen atoms in total. The molecule has 0 aliphatic rings. The van der Waals surface area contributed by atoms with Crippen LogP contribution in [0.1, 0.15) is 5.56 Å². The molecule has 0 spiro atoms. The maximum atomic E-state index is 5.72. The number of nitrogen functional groups attached to an aromatic ring is 1. The van der Waals surface area contributed by atoms with Gasteiger partial charge in [-0.1, -0.05) is 30.3 Å². The maximum Gasteiger partial charge on any atom is 0.144 e. The molecule has 2 aromatic carbocycles. The van der Waals surface area contributed by atoms with Crippen LogP contribution in [0.5, 0.6) is 0 Å². The Labute approximate surface area is 123 Å². The Morgan fingerprint density at radius 1 is 0.952 bits per heavy atom. The molecule has 21 heavy (non-hydrogen) atoms. The lowest BCUT2D eigenvalue weighted by Crippen LogP contribution is -2.01. The third kappa shape index (κ3) is 3.36. The first-order valence-electron chi connectivity index (χ1n) is 6.76. The second-order valence-electron chi connectivity index (χ2n) is 4.77. The van der Waals surface area contributed by atoms with Gasteiger partial charge in [0.25, 0.3) is 0 Å². The third-order valence-corrected chi connectivity index (χ3v) is 3.21. The largest absolute Gasteiger partial charge is 0.399 e. The molecule has 3 aromatic rings. The van der Waals surface area contributed by atoms with Crippen LogP contribution >= 0.6 is 0 Å². The Hall–Kier alpha value is -2.88. The van der Waals surface area contributed by atoms with E-state index < -0.39 is 0 Å².